The van der Waals surface area contributed by atoms with Gasteiger partial charge in [0, 0.05) is 0 Å². The Hall–Kier alpha value is -0.980. The van der Waals surface area contributed by atoms with Crippen molar-refractivity contribution in [1.29, 1.82) is 0 Å². The topological polar surface area (TPSA) is 9.23 Å². The fraction of sp³-hybridized carbons (Fsp3) is 0.667. The van der Waals surface area contributed by atoms with E-state index in [9.17, 15) is 0 Å². The quantitative estimate of drug-likeness (QED) is 0.720. The number of fused-ring (bicyclic) bond motifs is 1. The average Bonchev–Trinajstić information content (AvgIpc) is 2.47. The van der Waals surface area contributed by atoms with Crippen LogP contribution in [0, 0.1) is 11.8 Å². The normalized spacial score (nSPS) is 36.3. The molecule has 2 bridgehead atoms. The summed E-state index contributed by atoms with van der Waals surface area (Å²) in [7, 11) is 1.80. The van der Waals surface area contributed by atoms with Gasteiger partial charge >= 0.3 is 0 Å². The van der Waals surface area contributed by atoms with E-state index >= 15 is 0 Å². The Kier molecular flexibility index (Phi) is 2.65. The van der Waals surface area contributed by atoms with Crippen molar-refractivity contribution in [2.24, 2.45) is 11.8 Å². The number of hydrogen-bond acceptors (Lipinski definition) is 1. The van der Waals surface area contributed by atoms with Gasteiger partial charge in [-0.3, -0.25) is 0 Å². The standard InChI is InChI=1S/C18H24O/c1-19-15-8-7-14-11-13-5-4-10-18(17(14)12-15)9-3-2-6-16(13)18/h7-8,12-13,16H,2-6,9-11H2,1H3/t13-,16+,18-/m0/s1. The zero-order chi connectivity index (χ0) is 12.9. The highest BCUT2D eigenvalue weighted by molar-refractivity contribution is 5.44. The summed E-state index contributed by atoms with van der Waals surface area (Å²) < 4.78 is 5.49. The number of benzene rings is 1. The summed E-state index contributed by atoms with van der Waals surface area (Å²) in [4.78, 5) is 0. The highest BCUT2D eigenvalue weighted by Gasteiger charge is 2.51. The number of ether oxygens (including phenoxy) is 1. The minimum absolute atomic E-state index is 0.517. The fourth-order valence-corrected chi connectivity index (χ4v) is 5.46. The Bertz CT molecular complexity index is 488. The highest BCUT2D eigenvalue weighted by Crippen LogP contribution is 2.58. The van der Waals surface area contributed by atoms with Crippen LogP contribution in [0.25, 0.3) is 0 Å². The van der Waals surface area contributed by atoms with E-state index in [1.165, 1.54) is 51.4 Å². The van der Waals surface area contributed by atoms with Crippen molar-refractivity contribution in [2.75, 3.05) is 7.11 Å². The van der Waals surface area contributed by atoms with Crippen molar-refractivity contribution in [3.63, 3.8) is 0 Å². The molecule has 0 N–H and O–H groups in total. The van der Waals surface area contributed by atoms with Gasteiger partial charge in [-0.2, -0.15) is 0 Å². The molecular formula is C18H24O. The summed E-state index contributed by atoms with van der Waals surface area (Å²) in [6.45, 7) is 0. The largest absolute Gasteiger partial charge is 0.497 e. The van der Waals surface area contributed by atoms with Crippen LogP contribution in [0.4, 0.5) is 0 Å². The molecule has 0 heterocycles. The molecule has 19 heavy (non-hydrogen) atoms. The molecule has 102 valence electrons. The minimum atomic E-state index is 0.517. The van der Waals surface area contributed by atoms with Crippen molar-refractivity contribution in [3.05, 3.63) is 29.3 Å². The molecule has 2 saturated carbocycles. The fourth-order valence-electron chi connectivity index (χ4n) is 5.46. The molecule has 0 saturated heterocycles. The third-order valence-corrected chi connectivity index (χ3v) is 6.20. The summed E-state index contributed by atoms with van der Waals surface area (Å²) in [5, 5.41) is 0. The second-order valence-corrected chi connectivity index (χ2v) is 6.89. The zero-order valence-electron chi connectivity index (χ0n) is 12.0. The van der Waals surface area contributed by atoms with Gasteiger partial charge in [-0.25, -0.2) is 0 Å². The Labute approximate surface area is 116 Å². The maximum absolute atomic E-state index is 5.49. The number of methoxy groups -OCH3 is 1. The molecule has 1 nitrogen and oxygen atoms in total. The molecule has 3 aliphatic rings. The summed E-state index contributed by atoms with van der Waals surface area (Å²) in [5.74, 6) is 2.99. The van der Waals surface area contributed by atoms with Crippen molar-refractivity contribution in [3.8, 4) is 5.75 Å². The van der Waals surface area contributed by atoms with Crippen LogP contribution in [0.5, 0.6) is 5.75 Å². The predicted molar refractivity (Wildman–Crippen MR) is 77.7 cm³/mol. The van der Waals surface area contributed by atoms with E-state index in [2.05, 4.69) is 18.2 Å². The van der Waals surface area contributed by atoms with E-state index in [1.54, 1.807) is 18.2 Å². The number of hydrogen-bond donors (Lipinski definition) is 0. The third-order valence-electron chi connectivity index (χ3n) is 6.20. The van der Waals surface area contributed by atoms with Gasteiger partial charge in [-0.15, -0.1) is 0 Å². The van der Waals surface area contributed by atoms with Gasteiger partial charge in [0.25, 0.3) is 0 Å². The van der Waals surface area contributed by atoms with E-state index < -0.39 is 0 Å². The lowest BCUT2D eigenvalue weighted by Gasteiger charge is -2.55. The smallest absolute Gasteiger partial charge is 0.119 e. The second kappa shape index (κ2) is 4.26. The van der Waals surface area contributed by atoms with Gasteiger partial charge in [0.2, 0.25) is 0 Å². The van der Waals surface area contributed by atoms with Gasteiger partial charge in [-0.1, -0.05) is 25.3 Å². The van der Waals surface area contributed by atoms with Crippen LogP contribution in [0.2, 0.25) is 0 Å². The van der Waals surface area contributed by atoms with Gasteiger partial charge in [0.15, 0.2) is 0 Å². The lowest BCUT2D eigenvalue weighted by atomic mass is 9.49. The molecule has 1 heteroatoms. The first-order valence-corrected chi connectivity index (χ1v) is 8.01. The van der Waals surface area contributed by atoms with Gasteiger partial charge in [0.1, 0.15) is 5.75 Å². The van der Waals surface area contributed by atoms with Crippen molar-refractivity contribution in [1.82, 2.24) is 0 Å². The first-order chi connectivity index (χ1) is 9.33. The van der Waals surface area contributed by atoms with Gasteiger partial charge < -0.3 is 4.74 Å². The molecule has 2 fully saturated rings. The molecule has 0 radical (unpaired) electrons. The predicted octanol–water partition coefficient (Wildman–Crippen LogP) is 4.48. The summed E-state index contributed by atoms with van der Waals surface area (Å²) >= 11 is 0. The van der Waals surface area contributed by atoms with Crippen LogP contribution in [-0.2, 0) is 11.8 Å². The Balaban J connectivity index is 1.88. The molecule has 0 amide bonds. The van der Waals surface area contributed by atoms with E-state index in [0.29, 0.717) is 5.41 Å². The molecule has 3 atom stereocenters. The Morgan fingerprint density at radius 1 is 1.11 bits per heavy atom. The first kappa shape index (κ1) is 11.8. The van der Waals surface area contributed by atoms with Crippen LogP contribution in [0.15, 0.2) is 18.2 Å². The summed E-state index contributed by atoms with van der Waals surface area (Å²) in [6.07, 6.45) is 11.5. The summed E-state index contributed by atoms with van der Waals surface area (Å²) in [6, 6.07) is 6.88. The van der Waals surface area contributed by atoms with Crippen LogP contribution < -0.4 is 4.74 Å². The lowest BCUT2D eigenvalue weighted by molar-refractivity contribution is 0.0521. The summed E-state index contributed by atoms with van der Waals surface area (Å²) in [5.41, 5.74) is 3.81. The van der Waals surface area contributed by atoms with Crippen LogP contribution in [0.3, 0.4) is 0 Å². The maximum atomic E-state index is 5.49. The van der Waals surface area contributed by atoms with E-state index in [4.69, 9.17) is 4.74 Å². The molecule has 1 aromatic rings. The SMILES string of the molecule is COc1ccc2c(c1)[C@]13CCCC[C@@H]1[C@@H](CCC3)C2. The van der Waals surface area contributed by atoms with E-state index in [1.807, 2.05) is 0 Å². The molecule has 0 unspecified atom stereocenters. The lowest BCUT2D eigenvalue weighted by Crippen LogP contribution is -2.49. The minimum Gasteiger partial charge on any atom is -0.497 e. The molecule has 0 aliphatic heterocycles. The number of rotatable bonds is 1. The molecular weight excluding hydrogens is 232 g/mol. The Morgan fingerprint density at radius 3 is 2.89 bits per heavy atom. The van der Waals surface area contributed by atoms with Crippen molar-refractivity contribution < 1.29 is 4.74 Å². The van der Waals surface area contributed by atoms with Crippen LogP contribution >= 0.6 is 0 Å². The van der Waals surface area contributed by atoms with Gasteiger partial charge in [0.05, 0.1) is 7.11 Å². The second-order valence-electron chi connectivity index (χ2n) is 6.89. The highest BCUT2D eigenvalue weighted by atomic mass is 16.5. The van der Waals surface area contributed by atoms with Crippen LogP contribution in [0.1, 0.15) is 56.1 Å². The molecule has 0 spiro atoms. The third kappa shape index (κ3) is 1.60. The van der Waals surface area contributed by atoms with E-state index in [0.717, 1.165) is 17.6 Å². The maximum Gasteiger partial charge on any atom is 0.119 e. The van der Waals surface area contributed by atoms with Crippen LogP contribution in [-0.4, -0.2) is 7.11 Å². The van der Waals surface area contributed by atoms with Crippen molar-refractivity contribution in [2.45, 2.75) is 56.8 Å². The zero-order valence-corrected chi connectivity index (χ0v) is 12.0. The van der Waals surface area contributed by atoms with Gasteiger partial charge in [-0.05, 0) is 72.6 Å². The molecule has 4 rings (SSSR count). The average molecular weight is 256 g/mol. The van der Waals surface area contributed by atoms with E-state index in [-0.39, 0.29) is 0 Å². The van der Waals surface area contributed by atoms with Crippen molar-refractivity contribution >= 4 is 0 Å². The monoisotopic (exact) mass is 256 g/mol. The Morgan fingerprint density at radius 2 is 2.00 bits per heavy atom. The molecule has 3 aliphatic carbocycles. The molecule has 1 aromatic carbocycles. The first-order valence-electron chi connectivity index (χ1n) is 8.01. The molecule has 0 aromatic heterocycles.